The van der Waals surface area contributed by atoms with E-state index in [1.807, 2.05) is 35.1 Å². The van der Waals surface area contributed by atoms with Gasteiger partial charge in [-0.25, -0.2) is 4.99 Å². The predicted molar refractivity (Wildman–Crippen MR) is 100.0 cm³/mol. The molecule has 0 aromatic heterocycles. The second-order valence-electron chi connectivity index (χ2n) is 6.27. The third kappa shape index (κ3) is 2.54. The van der Waals surface area contributed by atoms with Gasteiger partial charge < -0.3 is 0 Å². The van der Waals surface area contributed by atoms with Crippen molar-refractivity contribution in [1.82, 2.24) is 0 Å². The minimum atomic E-state index is -0.0486. The third-order valence-electron chi connectivity index (χ3n) is 4.77. The van der Waals surface area contributed by atoms with Gasteiger partial charge in [0.15, 0.2) is 5.17 Å². The molecule has 1 aromatic rings. The minimum absolute atomic E-state index is 0.0486. The molecule has 3 aliphatic rings. The number of allylic oxidation sites excluding steroid dienone is 1. The van der Waals surface area contributed by atoms with Gasteiger partial charge in [0.2, 0.25) is 5.91 Å². The Morgan fingerprint density at radius 1 is 1.22 bits per heavy atom. The van der Waals surface area contributed by atoms with Gasteiger partial charge in [-0.2, -0.15) is 0 Å². The second kappa shape index (κ2) is 6.02. The topological polar surface area (TPSA) is 32.7 Å². The zero-order chi connectivity index (χ0) is 16.0. The molecular formula is C18H20N2OS2. The standard InChI is InChI=1S/C18H20N2OS2/c1-11-7-9-12(10-8-11)20-17(21)15-13-5-3-4-6-14(13)23-16(15)19-18(20)22-2/h7-10,15-16H,3-6H2,1-2H3. The Labute approximate surface area is 145 Å². The number of nitrogens with zero attached hydrogens (tertiary/aromatic N) is 2. The van der Waals surface area contributed by atoms with Gasteiger partial charge in [-0.05, 0) is 61.5 Å². The van der Waals surface area contributed by atoms with Crippen molar-refractivity contribution in [2.75, 3.05) is 11.2 Å². The number of anilines is 1. The maximum absolute atomic E-state index is 13.3. The highest BCUT2D eigenvalue weighted by Crippen LogP contribution is 2.51. The smallest absolute Gasteiger partial charge is 0.243 e. The van der Waals surface area contributed by atoms with Gasteiger partial charge in [-0.3, -0.25) is 9.69 Å². The number of fused-ring (bicyclic) bond motifs is 2. The molecule has 1 aliphatic carbocycles. The van der Waals surface area contributed by atoms with E-state index in [2.05, 4.69) is 19.1 Å². The molecule has 2 atom stereocenters. The van der Waals surface area contributed by atoms with Crippen molar-refractivity contribution in [2.45, 2.75) is 38.0 Å². The first-order valence-electron chi connectivity index (χ1n) is 8.10. The van der Waals surface area contributed by atoms with E-state index in [9.17, 15) is 4.79 Å². The number of carbonyl (C=O) groups excluding carboxylic acids is 1. The molecule has 3 nitrogen and oxygen atoms in total. The monoisotopic (exact) mass is 344 g/mol. The molecule has 1 aromatic carbocycles. The lowest BCUT2D eigenvalue weighted by molar-refractivity contribution is -0.120. The average molecular weight is 345 g/mol. The first kappa shape index (κ1) is 15.3. The second-order valence-corrected chi connectivity index (χ2v) is 8.25. The highest BCUT2D eigenvalue weighted by molar-refractivity contribution is 8.13. The molecular weight excluding hydrogens is 324 g/mol. The third-order valence-corrected chi connectivity index (χ3v) is 6.79. The van der Waals surface area contributed by atoms with Crippen LogP contribution in [0.5, 0.6) is 0 Å². The van der Waals surface area contributed by atoms with Crippen molar-refractivity contribution in [3.63, 3.8) is 0 Å². The van der Waals surface area contributed by atoms with Crippen LogP contribution >= 0.6 is 23.5 Å². The van der Waals surface area contributed by atoms with Crippen LogP contribution in [0.15, 0.2) is 39.7 Å². The van der Waals surface area contributed by atoms with Gasteiger partial charge in [0.05, 0.1) is 11.6 Å². The largest absolute Gasteiger partial charge is 0.273 e. The molecule has 0 fully saturated rings. The first-order valence-corrected chi connectivity index (χ1v) is 10.2. The summed E-state index contributed by atoms with van der Waals surface area (Å²) in [6.07, 6.45) is 6.66. The lowest BCUT2D eigenvalue weighted by atomic mass is 9.87. The summed E-state index contributed by atoms with van der Waals surface area (Å²) in [5.41, 5.74) is 3.51. The van der Waals surface area contributed by atoms with Gasteiger partial charge in [-0.15, -0.1) is 11.8 Å². The lowest BCUT2D eigenvalue weighted by Gasteiger charge is -2.33. The van der Waals surface area contributed by atoms with Crippen LogP contribution in [-0.2, 0) is 4.79 Å². The van der Waals surface area contributed by atoms with Crippen molar-refractivity contribution in [3.05, 3.63) is 40.3 Å². The van der Waals surface area contributed by atoms with Crippen LogP contribution in [0.25, 0.3) is 0 Å². The van der Waals surface area contributed by atoms with E-state index in [-0.39, 0.29) is 17.2 Å². The zero-order valence-corrected chi connectivity index (χ0v) is 15.0. The maximum atomic E-state index is 13.3. The number of thioether (sulfide) groups is 2. The van der Waals surface area contributed by atoms with Crippen LogP contribution in [0.2, 0.25) is 0 Å². The van der Waals surface area contributed by atoms with Gasteiger partial charge in [-0.1, -0.05) is 29.5 Å². The Kier molecular flexibility index (Phi) is 4.01. The summed E-state index contributed by atoms with van der Waals surface area (Å²) in [7, 11) is 0. The van der Waals surface area contributed by atoms with Crippen LogP contribution in [0.4, 0.5) is 5.69 Å². The molecule has 0 spiro atoms. The molecule has 2 heterocycles. The van der Waals surface area contributed by atoms with Gasteiger partial charge in [0.25, 0.3) is 0 Å². The molecule has 0 saturated carbocycles. The molecule has 2 aliphatic heterocycles. The van der Waals surface area contributed by atoms with Crippen LogP contribution in [0.3, 0.4) is 0 Å². The SMILES string of the molecule is CSC1=NC2SC3=C(CCCC3)C2C(=O)N1c1ccc(C)cc1. The summed E-state index contributed by atoms with van der Waals surface area (Å²) >= 11 is 3.39. The quantitative estimate of drug-likeness (QED) is 0.747. The molecule has 0 saturated heterocycles. The van der Waals surface area contributed by atoms with E-state index in [1.165, 1.54) is 28.9 Å². The number of benzene rings is 1. The molecule has 0 radical (unpaired) electrons. The van der Waals surface area contributed by atoms with E-state index >= 15 is 0 Å². The van der Waals surface area contributed by atoms with Crippen LogP contribution in [0.1, 0.15) is 31.2 Å². The summed E-state index contributed by atoms with van der Waals surface area (Å²) in [6.45, 7) is 2.06. The summed E-state index contributed by atoms with van der Waals surface area (Å²) in [4.78, 5) is 21.5. The molecule has 2 unspecified atom stereocenters. The van der Waals surface area contributed by atoms with Crippen molar-refractivity contribution in [2.24, 2.45) is 10.9 Å². The van der Waals surface area contributed by atoms with Crippen molar-refractivity contribution < 1.29 is 4.79 Å². The van der Waals surface area contributed by atoms with Crippen molar-refractivity contribution >= 4 is 40.3 Å². The first-order chi connectivity index (χ1) is 11.2. The number of aliphatic imine (C=N–C) groups is 1. The number of hydrogen-bond acceptors (Lipinski definition) is 4. The molecule has 1 amide bonds. The van der Waals surface area contributed by atoms with E-state index in [4.69, 9.17) is 4.99 Å². The Bertz CT molecular complexity index is 708. The Hall–Kier alpha value is -1.20. The Morgan fingerprint density at radius 2 is 1.96 bits per heavy atom. The number of rotatable bonds is 1. The van der Waals surface area contributed by atoms with E-state index in [1.54, 1.807) is 11.8 Å². The molecule has 4 rings (SSSR count). The van der Waals surface area contributed by atoms with Crippen LogP contribution in [0, 0.1) is 12.8 Å². The zero-order valence-electron chi connectivity index (χ0n) is 13.4. The number of hydrogen-bond donors (Lipinski definition) is 0. The van der Waals surface area contributed by atoms with Crippen molar-refractivity contribution in [1.29, 1.82) is 0 Å². The molecule has 120 valence electrons. The van der Waals surface area contributed by atoms with Gasteiger partial charge >= 0.3 is 0 Å². The fourth-order valence-electron chi connectivity index (χ4n) is 3.60. The number of aryl methyl sites for hydroxylation is 1. The lowest BCUT2D eigenvalue weighted by Crippen LogP contribution is -2.47. The fraction of sp³-hybridized carbons (Fsp3) is 0.444. The predicted octanol–water partition coefficient (Wildman–Crippen LogP) is 4.58. The summed E-state index contributed by atoms with van der Waals surface area (Å²) < 4.78 is 0. The van der Waals surface area contributed by atoms with E-state index in [0.29, 0.717) is 0 Å². The highest BCUT2D eigenvalue weighted by atomic mass is 32.2. The maximum Gasteiger partial charge on any atom is 0.243 e. The number of amides is 1. The normalized spacial score (nSPS) is 27.0. The fourth-order valence-corrected chi connectivity index (χ4v) is 5.76. The summed E-state index contributed by atoms with van der Waals surface area (Å²) in [5, 5.41) is 0.891. The van der Waals surface area contributed by atoms with Crippen LogP contribution in [-0.4, -0.2) is 22.7 Å². The van der Waals surface area contributed by atoms with Gasteiger partial charge in [0, 0.05) is 0 Å². The average Bonchev–Trinajstić information content (AvgIpc) is 2.94. The van der Waals surface area contributed by atoms with E-state index < -0.39 is 0 Å². The molecule has 23 heavy (non-hydrogen) atoms. The van der Waals surface area contributed by atoms with E-state index in [0.717, 1.165) is 23.7 Å². The molecule has 0 N–H and O–H groups in total. The molecule has 5 heteroatoms. The van der Waals surface area contributed by atoms with Crippen molar-refractivity contribution in [3.8, 4) is 0 Å². The Morgan fingerprint density at radius 3 is 2.70 bits per heavy atom. The Balaban J connectivity index is 1.75. The number of carbonyl (C=O) groups is 1. The summed E-state index contributed by atoms with van der Waals surface area (Å²) in [5.74, 6) is 0.158. The van der Waals surface area contributed by atoms with Gasteiger partial charge in [0.1, 0.15) is 5.37 Å². The summed E-state index contributed by atoms with van der Waals surface area (Å²) in [6, 6.07) is 8.16. The number of amidine groups is 1. The highest BCUT2D eigenvalue weighted by Gasteiger charge is 2.46. The van der Waals surface area contributed by atoms with Crippen LogP contribution < -0.4 is 4.90 Å². The molecule has 0 bridgehead atoms. The minimum Gasteiger partial charge on any atom is -0.273 e.